The minimum Gasteiger partial charge on any atom is -0.392 e. The number of nitrogens with one attached hydrogen (secondary N) is 1. The molecule has 0 unspecified atom stereocenters. The number of alkyl halides is 3. The van der Waals surface area contributed by atoms with Gasteiger partial charge in [0.1, 0.15) is 0 Å². The lowest BCUT2D eigenvalue weighted by Crippen LogP contribution is -1.99. The van der Waals surface area contributed by atoms with Crippen LogP contribution in [0.15, 0.2) is 23.4 Å². The normalized spacial score (nSPS) is 12.2. The van der Waals surface area contributed by atoms with Crippen molar-refractivity contribution in [2.24, 2.45) is 0 Å². The molecule has 0 saturated heterocycles. The summed E-state index contributed by atoms with van der Waals surface area (Å²) in [4.78, 5) is 6.58. The highest BCUT2D eigenvalue weighted by molar-refractivity contribution is 8.00. The SMILES string of the molecule is OCc1ccc(SC(F)(F)F)c2[nH]cnc12. The lowest BCUT2D eigenvalue weighted by Gasteiger charge is -2.07. The van der Waals surface area contributed by atoms with E-state index >= 15 is 0 Å². The van der Waals surface area contributed by atoms with Crippen molar-refractivity contribution in [3.05, 3.63) is 24.0 Å². The number of nitrogens with zero attached hydrogens (tertiary/aromatic N) is 1. The maximum atomic E-state index is 12.2. The molecule has 0 aliphatic heterocycles. The van der Waals surface area contributed by atoms with Crippen molar-refractivity contribution < 1.29 is 18.3 Å². The van der Waals surface area contributed by atoms with Gasteiger partial charge in [-0.1, -0.05) is 6.07 Å². The van der Waals surface area contributed by atoms with E-state index in [9.17, 15) is 13.2 Å². The van der Waals surface area contributed by atoms with Gasteiger partial charge >= 0.3 is 5.51 Å². The van der Waals surface area contributed by atoms with Crippen LogP contribution in [0.1, 0.15) is 5.56 Å². The van der Waals surface area contributed by atoms with E-state index in [0.29, 0.717) is 16.6 Å². The molecule has 1 heterocycles. The third kappa shape index (κ3) is 2.14. The van der Waals surface area contributed by atoms with E-state index in [1.54, 1.807) is 0 Å². The first-order chi connectivity index (χ1) is 7.51. The second-order valence-corrected chi connectivity index (χ2v) is 4.16. The minimum atomic E-state index is -4.33. The molecule has 2 N–H and O–H groups in total. The van der Waals surface area contributed by atoms with Gasteiger partial charge in [0.15, 0.2) is 0 Å². The zero-order valence-electron chi connectivity index (χ0n) is 7.88. The average molecular weight is 248 g/mol. The largest absolute Gasteiger partial charge is 0.446 e. The van der Waals surface area contributed by atoms with Crippen LogP contribution in [0.4, 0.5) is 13.2 Å². The number of imidazole rings is 1. The lowest BCUT2D eigenvalue weighted by atomic mass is 10.2. The Morgan fingerprint density at radius 2 is 2.12 bits per heavy atom. The van der Waals surface area contributed by atoms with Crippen molar-refractivity contribution in [1.29, 1.82) is 0 Å². The summed E-state index contributed by atoms with van der Waals surface area (Å²) in [7, 11) is 0. The Labute approximate surface area is 92.7 Å². The van der Waals surface area contributed by atoms with Gasteiger partial charge in [0, 0.05) is 10.5 Å². The maximum absolute atomic E-state index is 12.2. The molecule has 3 nitrogen and oxygen atoms in total. The van der Waals surface area contributed by atoms with Crippen molar-refractivity contribution in [3.8, 4) is 0 Å². The number of benzene rings is 1. The molecule has 1 aromatic heterocycles. The third-order valence-corrected chi connectivity index (χ3v) is 2.81. The topological polar surface area (TPSA) is 48.9 Å². The van der Waals surface area contributed by atoms with Crippen LogP contribution >= 0.6 is 11.8 Å². The zero-order valence-corrected chi connectivity index (χ0v) is 8.69. The van der Waals surface area contributed by atoms with Gasteiger partial charge in [-0.05, 0) is 17.8 Å². The molecule has 0 saturated carbocycles. The van der Waals surface area contributed by atoms with Gasteiger partial charge in [0.25, 0.3) is 0 Å². The van der Waals surface area contributed by atoms with E-state index in [0.717, 1.165) is 0 Å². The Morgan fingerprint density at radius 3 is 2.75 bits per heavy atom. The van der Waals surface area contributed by atoms with E-state index in [2.05, 4.69) is 9.97 Å². The Balaban J connectivity index is 2.52. The Hall–Kier alpha value is -1.21. The second kappa shape index (κ2) is 3.99. The summed E-state index contributed by atoms with van der Waals surface area (Å²) in [6, 6.07) is 2.77. The van der Waals surface area contributed by atoms with Crippen molar-refractivity contribution >= 4 is 22.8 Å². The molecule has 1 aromatic carbocycles. The fourth-order valence-electron chi connectivity index (χ4n) is 1.40. The summed E-state index contributed by atoms with van der Waals surface area (Å²) in [6.07, 6.45) is 1.31. The summed E-state index contributed by atoms with van der Waals surface area (Å²) in [6.45, 7) is -0.252. The van der Waals surface area contributed by atoms with E-state index in [1.165, 1.54) is 18.5 Å². The Kier molecular flexibility index (Phi) is 2.81. The molecular weight excluding hydrogens is 241 g/mol. The molecule has 7 heteroatoms. The summed E-state index contributed by atoms with van der Waals surface area (Å²) >= 11 is -0.199. The van der Waals surface area contributed by atoms with Gasteiger partial charge < -0.3 is 10.1 Å². The first-order valence-electron chi connectivity index (χ1n) is 4.33. The highest BCUT2D eigenvalue weighted by atomic mass is 32.2. The van der Waals surface area contributed by atoms with Crippen LogP contribution in [-0.2, 0) is 6.61 Å². The standard InChI is InChI=1S/C9H7F3N2OS/c10-9(11,12)16-6-2-1-5(3-15)7-8(6)14-4-13-7/h1-2,4,15H,3H2,(H,13,14). The van der Waals surface area contributed by atoms with Crippen molar-refractivity contribution in [2.45, 2.75) is 17.0 Å². The Morgan fingerprint density at radius 1 is 1.38 bits per heavy atom. The van der Waals surface area contributed by atoms with E-state index in [4.69, 9.17) is 5.11 Å². The summed E-state index contributed by atoms with van der Waals surface area (Å²) in [5.74, 6) is 0. The molecule has 0 amide bonds. The molecule has 0 bridgehead atoms. The molecular formula is C9H7F3N2OS. The molecule has 0 atom stereocenters. The van der Waals surface area contributed by atoms with Crippen molar-refractivity contribution in [1.82, 2.24) is 9.97 Å². The van der Waals surface area contributed by atoms with Crippen LogP contribution in [0.2, 0.25) is 0 Å². The number of H-pyrrole nitrogens is 1. The fourth-order valence-corrected chi connectivity index (χ4v) is 2.04. The van der Waals surface area contributed by atoms with Crippen LogP contribution in [0.3, 0.4) is 0 Å². The maximum Gasteiger partial charge on any atom is 0.446 e. The van der Waals surface area contributed by atoms with Gasteiger partial charge in [0.2, 0.25) is 0 Å². The van der Waals surface area contributed by atoms with Crippen molar-refractivity contribution in [2.75, 3.05) is 0 Å². The monoisotopic (exact) mass is 248 g/mol. The van der Waals surface area contributed by atoms with Crippen molar-refractivity contribution in [3.63, 3.8) is 0 Å². The quantitative estimate of drug-likeness (QED) is 0.803. The summed E-state index contributed by atoms with van der Waals surface area (Å²) < 4.78 is 36.7. The molecule has 2 aromatic rings. The van der Waals surface area contributed by atoms with Gasteiger partial charge in [-0.15, -0.1) is 0 Å². The Bertz CT molecular complexity index is 509. The molecule has 0 spiro atoms. The van der Waals surface area contributed by atoms with E-state index in [-0.39, 0.29) is 23.3 Å². The minimum absolute atomic E-state index is 0.0530. The lowest BCUT2D eigenvalue weighted by molar-refractivity contribution is -0.0327. The van der Waals surface area contributed by atoms with Crippen LogP contribution in [0.5, 0.6) is 0 Å². The number of rotatable bonds is 2. The molecule has 86 valence electrons. The number of halogens is 3. The molecule has 0 fully saturated rings. The number of aliphatic hydroxyl groups excluding tert-OH is 1. The zero-order chi connectivity index (χ0) is 11.8. The van der Waals surface area contributed by atoms with Gasteiger partial charge in [0.05, 0.1) is 24.0 Å². The van der Waals surface area contributed by atoms with Gasteiger partial charge in [-0.2, -0.15) is 13.2 Å². The smallest absolute Gasteiger partial charge is 0.392 e. The first-order valence-corrected chi connectivity index (χ1v) is 5.14. The number of hydrogen-bond acceptors (Lipinski definition) is 3. The number of thioether (sulfide) groups is 1. The van der Waals surface area contributed by atoms with Crippen LogP contribution in [-0.4, -0.2) is 20.6 Å². The van der Waals surface area contributed by atoms with Crippen LogP contribution in [0, 0.1) is 0 Å². The highest BCUT2D eigenvalue weighted by Gasteiger charge is 2.30. The number of aliphatic hydroxyl groups is 1. The molecule has 2 rings (SSSR count). The fraction of sp³-hybridized carbons (Fsp3) is 0.222. The second-order valence-electron chi connectivity index (χ2n) is 3.05. The number of aromatic amines is 1. The van der Waals surface area contributed by atoms with Gasteiger partial charge in [-0.25, -0.2) is 4.98 Å². The predicted octanol–water partition coefficient (Wildman–Crippen LogP) is 2.67. The van der Waals surface area contributed by atoms with E-state index < -0.39 is 5.51 Å². The molecule has 0 radical (unpaired) electrons. The predicted molar refractivity (Wildman–Crippen MR) is 53.9 cm³/mol. The highest BCUT2D eigenvalue weighted by Crippen LogP contribution is 2.39. The molecule has 0 aliphatic carbocycles. The summed E-state index contributed by atoms with van der Waals surface area (Å²) in [5.41, 5.74) is -3.16. The van der Waals surface area contributed by atoms with Crippen LogP contribution in [0.25, 0.3) is 11.0 Å². The number of aromatic nitrogens is 2. The van der Waals surface area contributed by atoms with Crippen LogP contribution < -0.4 is 0 Å². The van der Waals surface area contributed by atoms with E-state index in [1.807, 2.05) is 0 Å². The average Bonchev–Trinajstić information content (AvgIpc) is 2.65. The van der Waals surface area contributed by atoms with Gasteiger partial charge in [-0.3, -0.25) is 0 Å². The third-order valence-electron chi connectivity index (χ3n) is 2.02. The first kappa shape index (κ1) is 11.3. The molecule has 0 aliphatic rings. The summed E-state index contributed by atoms with van der Waals surface area (Å²) in [5, 5.41) is 8.99. The number of fused-ring (bicyclic) bond motifs is 1. The number of hydrogen-bond donors (Lipinski definition) is 2. The molecule has 16 heavy (non-hydrogen) atoms.